The molecule has 0 saturated heterocycles. The lowest BCUT2D eigenvalue weighted by atomic mass is 10.2. The minimum Gasteiger partial charge on any atom is -0.497 e. The number of rotatable bonds is 7. The molecular formula is C19H22ClN3O3. The molecule has 2 rings (SSSR count). The van der Waals surface area contributed by atoms with Crippen molar-refractivity contribution in [2.45, 2.75) is 13.0 Å². The van der Waals surface area contributed by atoms with Crippen LogP contribution in [0.5, 0.6) is 5.75 Å². The topological polar surface area (TPSA) is 70.7 Å². The summed E-state index contributed by atoms with van der Waals surface area (Å²) in [6.45, 7) is 1.79. The van der Waals surface area contributed by atoms with E-state index < -0.39 is 6.04 Å². The van der Waals surface area contributed by atoms with Crippen LogP contribution in [0.2, 0.25) is 5.02 Å². The van der Waals surface area contributed by atoms with Crippen LogP contribution in [0.3, 0.4) is 0 Å². The fraction of sp³-hybridized carbons (Fsp3) is 0.263. The van der Waals surface area contributed by atoms with Crippen LogP contribution < -0.4 is 15.4 Å². The van der Waals surface area contributed by atoms with Crippen molar-refractivity contribution in [3.05, 3.63) is 53.6 Å². The number of likely N-dealkylation sites (N-methyl/N-ethyl adjacent to an activating group) is 1. The quantitative estimate of drug-likeness (QED) is 0.779. The number of nitrogens with one attached hydrogen (secondary N) is 2. The molecule has 0 radical (unpaired) electrons. The number of carbonyl (C=O) groups is 2. The number of carbonyl (C=O) groups excluding carboxylic acids is 2. The minimum absolute atomic E-state index is 0.0638. The van der Waals surface area contributed by atoms with Crippen LogP contribution in [-0.4, -0.2) is 43.5 Å². The molecule has 2 N–H and O–H groups in total. The van der Waals surface area contributed by atoms with Gasteiger partial charge in [0, 0.05) is 11.8 Å². The summed E-state index contributed by atoms with van der Waals surface area (Å²) >= 11 is 6.05. The van der Waals surface area contributed by atoms with Crippen molar-refractivity contribution in [3.63, 3.8) is 0 Å². The molecule has 0 fully saturated rings. The molecule has 1 atom stereocenters. The fourth-order valence-corrected chi connectivity index (χ4v) is 2.45. The molecule has 26 heavy (non-hydrogen) atoms. The molecular weight excluding hydrogens is 354 g/mol. The van der Waals surface area contributed by atoms with Crippen LogP contribution in [0, 0.1) is 0 Å². The summed E-state index contributed by atoms with van der Waals surface area (Å²) in [4.78, 5) is 26.2. The van der Waals surface area contributed by atoms with Gasteiger partial charge in [-0.15, -0.1) is 0 Å². The van der Waals surface area contributed by atoms with Gasteiger partial charge in [-0.1, -0.05) is 29.8 Å². The highest BCUT2D eigenvalue weighted by Crippen LogP contribution is 2.21. The van der Waals surface area contributed by atoms with Gasteiger partial charge in [0.15, 0.2) is 0 Å². The van der Waals surface area contributed by atoms with Gasteiger partial charge in [0.25, 0.3) is 0 Å². The number of amides is 2. The van der Waals surface area contributed by atoms with Crippen molar-refractivity contribution in [2.24, 2.45) is 0 Å². The van der Waals surface area contributed by atoms with Crippen molar-refractivity contribution in [2.75, 3.05) is 31.3 Å². The Morgan fingerprint density at radius 2 is 1.88 bits per heavy atom. The third-order valence-electron chi connectivity index (χ3n) is 3.92. The highest BCUT2D eigenvalue weighted by Gasteiger charge is 2.21. The summed E-state index contributed by atoms with van der Waals surface area (Å²) in [5, 5.41) is 6.02. The molecule has 0 aliphatic heterocycles. The number of para-hydroxylation sites is 1. The Balaban J connectivity index is 1.90. The molecule has 2 aromatic rings. The molecule has 138 valence electrons. The average Bonchev–Trinajstić information content (AvgIpc) is 2.62. The van der Waals surface area contributed by atoms with Gasteiger partial charge in [0.2, 0.25) is 11.8 Å². The molecule has 0 spiro atoms. The number of methoxy groups -OCH3 is 1. The van der Waals surface area contributed by atoms with E-state index in [1.165, 1.54) is 0 Å². The molecule has 0 aliphatic rings. The fourth-order valence-electron chi connectivity index (χ4n) is 2.26. The maximum atomic E-state index is 12.4. The van der Waals surface area contributed by atoms with Gasteiger partial charge >= 0.3 is 0 Å². The van der Waals surface area contributed by atoms with E-state index >= 15 is 0 Å². The van der Waals surface area contributed by atoms with Crippen molar-refractivity contribution in [3.8, 4) is 5.75 Å². The largest absolute Gasteiger partial charge is 0.497 e. The van der Waals surface area contributed by atoms with Crippen LogP contribution in [0.15, 0.2) is 48.5 Å². The summed E-state index contributed by atoms with van der Waals surface area (Å²) in [5.41, 5.74) is 1.18. The van der Waals surface area contributed by atoms with E-state index in [4.69, 9.17) is 16.3 Å². The van der Waals surface area contributed by atoms with E-state index in [1.54, 1.807) is 74.5 Å². The van der Waals surface area contributed by atoms with Crippen LogP contribution >= 0.6 is 11.6 Å². The predicted molar refractivity (Wildman–Crippen MR) is 104 cm³/mol. The molecule has 2 amide bonds. The summed E-state index contributed by atoms with van der Waals surface area (Å²) in [7, 11) is 3.27. The van der Waals surface area contributed by atoms with Gasteiger partial charge in [-0.2, -0.15) is 0 Å². The molecule has 0 aliphatic carbocycles. The van der Waals surface area contributed by atoms with Crippen molar-refractivity contribution in [1.29, 1.82) is 0 Å². The molecule has 0 bridgehead atoms. The van der Waals surface area contributed by atoms with E-state index in [1.807, 2.05) is 0 Å². The monoisotopic (exact) mass is 375 g/mol. The number of benzene rings is 2. The number of halogens is 1. The lowest BCUT2D eigenvalue weighted by molar-refractivity contribution is -0.122. The van der Waals surface area contributed by atoms with Crippen LogP contribution in [-0.2, 0) is 9.59 Å². The highest BCUT2D eigenvalue weighted by atomic mass is 35.5. The zero-order valence-electron chi connectivity index (χ0n) is 15.0. The third-order valence-corrected chi connectivity index (χ3v) is 4.25. The van der Waals surface area contributed by atoms with Gasteiger partial charge in [-0.3, -0.25) is 14.5 Å². The summed E-state index contributed by atoms with van der Waals surface area (Å²) in [6, 6.07) is 13.6. The number of hydrogen-bond donors (Lipinski definition) is 2. The molecule has 1 unspecified atom stereocenters. The first-order valence-corrected chi connectivity index (χ1v) is 8.48. The minimum atomic E-state index is -0.512. The first-order chi connectivity index (χ1) is 12.4. The van der Waals surface area contributed by atoms with Gasteiger partial charge in [0.05, 0.1) is 30.4 Å². The van der Waals surface area contributed by atoms with E-state index in [0.29, 0.717) is 22.1 Å². The number of nitrogens with zero attached hydrogens (tertiary/aromatic N) is 1. The van der Waals surface area contributed by atoms with Gasteiger partial charge in [-0.25, -0.2) is 0 Å². The smallest absolute Gasteiger partial charge is 0.241 e. The lowest BCUT2D eigenvalue weighted by Gasteiger charge is -2.23. The summed E-state index contributed by atoms with van der Waals surface area (Å²) < 4.78 is 5.13. The van der Waals surface area contributed by atoms with Crippen LogP contribution in [0.4, 0.5) is 11.4 Å². The van der Waals surface area contributed by atoms with Crippen molar-refractivity contribution in [1.82, 2.24) is 4.90 Å². The van der Waals surface area contributed by atoms with E-state index in [0.717, 1.165) is 0 Å². The first kappa shape index (κ1) is 19.8. The first-order valence-electron chi connectivity index (χ1n) is 8.10. The second kappa shape index (κ2) is 9.22. The van der Waals surface area contributed by atoms with Crippen molar-refractivity contribution >= 4 is 34.8 Å². The zero-order valence-corrected chi connectivity index (χ0v) is 15.7. The molecule has 6 nitrogen and oxygen atoms in total. The Kier molecular flexibility index (Phi) is 7.00. The average molecular weight is 376 g/mol. The molecule has 0 saturated carbocycles. The molecule has 7 heteroatoms. The maximum absolute atomic E-state index is 12.4. The second-order valence-electron chi connectivity index (χ2n) is 5.84. The Morgan fingerprint density at radius 3 is 2.58 bits per heavy atom. The highest BCUT2D eigenvalue weighted by molar-refractivity contribution is 6.33. The normalized spacial score (nSPS) is 11.7. The predicted octanol–water partition coefficient (Wildman–Crippen LogP) is 3.25. The Bertz CT molecular complexity index is 782. The third kappa shape index (κ3) is 5.47. The van der Waals surface area contributed by atoms with Gasteiger partial charge < -0.3 is 15.4 Å². The van der Waals surface area contributed by atoms with Crippen LogP contribution in [0.25, 0.3) is 0 Å². The van der Waals surface area contributed by atoms with Crippen molar-refractivity contribution < 1.29 is 14.3 Å². The van der Waals surface area contributed by atoms with E-state index in [2.05, 4.69) is 10.6 Å². The Morgan fingerprint density at radius 1 is 1.15 bits per heavy atom. The Labute approximate surface area is 158 Å². The summed E-state index contributed by atoms with van der Waals surface area (Å²) in [5.74, 6) is 0.191. The SMILES string of the molecule is COc1cccc(NC(=O)CN(C)C(C)C(=O)Nc2ccccc2Cl)c1. The second-order valence-corrected chi connectivity index (χ2v) is 6.25. The molecule has 0 aromatic heterocycles. The number of anilines is 2. The maximum Gasteiger partial charge on any atom is 0.241 e. The Hall–Kier alpha value is -2.57. The molecule has 2 aromatic carbocycles. The summed E-state index contributed by atoms with van der Waals surface area (Å²) in [6.07, 6.45) is 0. The molecule has 0 heterocycles. The van der Waals surface area contributed by atoms with Gasteiger partial charge in [-0.05, 0) is 38.2 Å². The number of hydrogen-bond acceptors (Lipinski definition) is 4. The van der Waals surface area contributed by atoms with E-state index in [9.17, 15) is 9.59 Å². The number of ether oxygens (including phenoxy) is 1. The van der Waals surface area contributed by atoms with Crippen LogP contribution in [0.1, 0.15) is 6.92 Å². The standard InChI is InChI=1S/C19H22ClN3O3/c1-13(19(25)22-17-10-5-4-9-16(17)20)23(2)12-18(24)21-14-7-6-8-15(11-14)26-3/h4-11,13H,12H2,1-3H3,(H,21,24)(H,22,25). The van der Waals surface area contributed by atoms with E-state index in [-0.39, 0.29) is 18.4 Å². The van der Waals surface area contributed by atoms with Gasteiger partial charge in [0.1, 0.15) is 5.75 Å². The zero-order chi connectivity index (χ0) is 19.1. The lowest BCUT2D eigenvalue weighted by Crippen LogP contribution is -2.43.